The molecule has 4 rings (SSSR count). The SMILES string of the molecule is CC(C(=O)Nc1ccc(-c2ccc(S(=O)(=O)NC(C)(C)C)cc2)cc1)n1ccc2ccccc21. The topological polar surface area (TPSA) is 80.2 Å². The normalized spacial score (nSPS) is 13.1. The summed E-state index contributed by atoms with van der Waals surface area (Å²) in [6.45, 7) is 7.29. The van der Waals surface area contributed by atoms with Gasteiger partial charge >= 0.3 is 0 Å². The molecule has 4 aromatic rings. The van der Waals surface area contributed by atoms with Crippen molar-refractivity contribution >= 4 is 32.5 Å². The number of benzene rings is 3. The van der Waals surface area contributed by atoms with Crippen LogP contribution in [0.25, 0.3) is 22.0 Å². The molecular formula is C27H29N3O3S. The summed E-state index contributed by atoms with van der Waals surface area (Å²) in [5, 5.41) is 4.07. The van der Waals surface area contributed by atoms with Crippen LogP contribution in [0.1, 0.15) is 33.7 Å². The van der Waals surface area contributed by atoms with Crippen LogP contribution in [0.5, 0.6) is 0 Å². The first kappa shape index (κ1) is 23.7. The predicted octanol–water partition coefficient (Wildman–Crippen LogP) is 5.58. The molecule has 0 fully saturated rings. The lowest BCUT2D eigenvalue weighted by atomic mass is 10.1. The summed E-state index contributed by atoms with van der Waals surface area (Å²) in [5.41, 5.74) is 2.98. The van der Waals surface area contributed by atoms with Crippen molar-refractivity contribution in [3.63, 3.8) is 0 Å². The van der Waals surface area contributed by atoms with Crippen molar-refractivity contribution in [2.45, 2.75) is 44.2 Å². The van der Waals surface area contributed by atoms with E-state index in [4.69, 9.17) is 0 Å². The number of carbonyl (C=O) groups excluding carboxylic acids is 1. The molecule has 1 unspecified atom stereocenters. The van der Waals surface area contributed by atoms with Crippen molar-refractivity contribution in [2.24, 2.45) is 0 Å². The van der Waals surface area contributed by atoms with Gasteiger partial charge in [0, 0.05) is 22.9 Å². The Labute approximate surface area is 200 Å². The number of sulfonamides is 1. The van der Waals surface area contributed by atoms with Crippen molar-refractivity contribution in [3.05, 3.63) is 85.1 Å². The van der Waals surface area contributed by atoms with Crippen LogP contribution >= 0.6 is 0 Å². The standard InChI is InChI=1S/C27H29N3O3S/c1-19(30-18-17-22-7-5-6-8-25(22)30)26(31)28-23-13-9-20(10-14-23)21-11-15-24(16-12-21)34(32,33)29-27(2,3)4/h5-19,29H,1-4H3,(H,28,31). The Morgan fingerprint density at radius 3 is 2.06 bits per heavy atom. The molecule has 176 valence electrons. The van der Waals surface area contributed by atoms with E-state index in [0.29, 0.717) is 5.69 Å². The van der Waals surface area contributed by atoms with E-state index in [1.165, 1.54) is 0 Å². The van der Waals surface area contributed by atoms with Crippen LogP contribution in [0.3, 0.4) is 0 Å². The van der Waals surface area contributed by atoms with Crippen LogP contribution in [0.4, 0.5) is 5.69 Å². The first-order valence-electron chi connectivity index (χ1n) is 11.1. The molecule has 0 aliphatic rings. The largest absolute Gasteiger partial charge is 0.335 e. The molecule has 0 saturated heterocycles. The van der Waals surface area contributed by atoms with E-state index < -0.39 is 15.6 Å². The minimum absolute atomic E-state index is 0.102. The second kappa shape index (κ2) is 9.08. The Morgan fingerprint density at radius 1 is 0.853 bits per heavy atom. The fourth-order valence-corrected chi connectivity index (χ4v) is 5.27. The summed E-state index contributed by atoms with van der Waals surface area (Å²) in [6.07, 6.45) is 1.93. The van der Waals surface area contributed by atoms with Gasteiger partial charge in [0.25, 0.3) is 0 Å². The molecule has 1 aromatic heterocycles. The molecule has 7 heteroatoms. The molecule has 0 radical (unpaired) electrons. The number of aromatic nitrogens is 1. The molecule has 1 amide bonds. The van der Waals surface area contributed by atoms with E-state index in [0.717, 1.165) is 22.0 Å². The van der Waals surface area contributed by atoms with Gasteiger partial charge in [-0.25, -0.2) is 13.1 Å². The Hall–Kier alpha value is -3.42. The van der Waals surface area contributed by atoms with Crippen LogP contribution in [-0.2, 0) is 14.8 Å². The number of hydrogen-bond donors (Lipinski definition) is 2. The van der Waals surface area contributed by atoms with E-state index in [-0.39, 0.29) is 16.8 Å². The number of nitrogens with zero attached hydrogens (tertiary/aromatic N) is 1. The number of amides is 1. The zero-order chi connectivity index (χ0) is 24.5. The maximum absolute atomic E-state index is 12.8. The minimum atomic E-state index is -3.58. The second-order valence-corrected chi connectivity index (χ2v) is 11.1. The van der Waals surface area contributed by atoms with Gasteiger partial charge in [0.2, 0.25) is 15.9 Å². The lowest BCUT2D eigenvalue weighted by molar-refractivity contribution is -0.118. The predicted molar refractivity (Wildman–Crippen MR) is 137 cm³/mol. The highest BCUT2D eigenvalue weighted by Gasteiger charge is 2.22. The zero-order valence-corrected chi connectivity index (χ0v) is 20.6. The van der Waals surface area contributed by atoms with Crippen LogP contribution in [0.15, 0.2) is 90.0 Å². The van der Waals surface area contributed by atoms with Gasteiger partial charge in [0.05, 0.1) is 4.90 Å². The third-order valence-corrected chi connectivity index (χ3v) is 7.29. The number of rotatable bonds is 6. The molecule has 0 saturated carbocycles. The van der Waals surface area contributed by atoms with Gasteiger partial charge in [0.15, 0.2) is 0 Å². The molecule has 0 aliphatic carbocycles. The summed E-state index contributed by atoms with van der Waals surface area (Å²) >= 11 is 0. The number of carbonyl (C=O) groups is 1. The molecule has 3 aromatic carbocycles. The molecular weight excluding hydrogens is 446 g/mol. The minimum Gasteiger partial charge on any atom is -0.335 e. The van der Waals surface area contributed by atoms with E-state index in [9.17, 15) is 13.2 Å². The summed E-state index contributed by atoms with van der Waals surface area (Å²) < 4.78 is 29.6. The van der Waals surface area contributed by atoms with Gasteiger partial charge in [-0.05, 0) is 80.6 Å². The molecule has 34 heavy (non-hydrogen) atoms. The van der Waals surface area contributed by atoms with Crippen LogP contribution in [0, 0.1) is 0 Å². The first-order valence-corrected chi connectivity index (χ1v) is 12.6. The van der Waals surface area contributed by atoms with Crippen molar-refractivity contribution < 1.29 is 13.2 Å². The molecule has 6 nitrogen and oxygen atoms in total. The van der Waals surface area contributed by atoms with Gasteiger partial charge in [-0.15, -0.1) is 0 Å². The first-order chi connectivity index (χ1) is 16.0. The maximum atomic E-state index is 12.8. The fraction of sp³-hybridized carbons (Fsp3) is 0.222. The molecule has 1 heterocycles. The van der Waals surface area contributed by atoms with Gasteiger partial charge in [0.1, 0.15) is 6.04 Å². The van der Waals surface area contributed by atoms with Crippen molar-refractivity contribution in [2.75, 3.05) is 5.32 Å². The molecule has 0 bridgehead atoms. The van der Waals surface area contributed by atoms with Gasteiger partial charge in [-0.2, -0.15) is 0 Å². The van der Waals surface area contributed by atoms with Crippen LogP contribution < -0.4 is 10.0 Å². The number of hydrogen-bond acceptors (Lipinski definition) is 3. The molecule has 0 spiro atoms. The van der Waals surface area contributed by atoms with Gasteiger partial charge in [-0.3, -0.25) is 4.79 Å². The number of nitrogens with one attached hydrogen (secondary N) is 2. The quantitative estimate of drug-likeness (QED) is 0.382. The number of para-hydroxylation sites is 1. The van der Waals surface area contributed by atoms with E-state index in [1.807, 2.05) is 72.3 Å². The third kappa shape index (κ3) is 5.21. The summed E-state index contributed by atoms with van der Waals surface area (Å²) in [6, 6.07) is 23.9. The van der Waals surface area contributed by atoms with Crippen molar-refractivity contribution in [3.8, 4) is 11.1 Å². The fourth-order valence-electron chi connectivity index (χ4n) is 3.85. The van der Waals surface area contributed by atoms with Crippen LogP contribution in [0.2, 0.25) is 0 Å². The molecule has 2 N–H and O–H groups in total. The smallest absolute Gasteiger partial charge is 0.247 e. The monoisotopic (exact) mass is 475 g/mol. The number of fused-ring (bicyclic) bond motifs is 1. The van der Waals surface area contributed by atoms with E-state index in [2.05, 4.69) is 10.0 Å². The second-order valence-electron chi connectivity index (χ2n) is 9.40. The Balaban J connectivity index is 1.45. The average molecular weight is 476 g/mol. The Morgan fingerprint density at radius 2 is 1.44 bits per heavy atom. The summed E-state index contributed by atoms with van der Waals surface area (Å²) in [7, 11) is -3.58. The Bertz CT molecular complexity index is 1410. The zero-order valence-electron chi connectivity index (χ0n) is 19.7. The lowest BCUT2D eigenvalue weighted by Gasteiger charge is -2.20. The van der Waals surface area contributed by atoms with Gasteiger partial charge < -0.3 is 9.88 Å². The molecule has 0 aliphatic heterocycles. The third-order valence-electron chi connectivity index (χ3n) is 5.52. The summed E-state index contributed by atoms with van der Waals surface area (Å²) in [4.78, 5) is 13.1. The van der Waals surface area contributed by atoms with Crippen LogP contribution in [-0.4, -0.2) is 24.4 Å². The number of anilines is 1. The average Bonchev–Trinajstić information content (AvgIpc) is 3.22. The van der Waals surface area contributed by atoms with Gasteiger partial charge in [-0.1, -0.05) is 42.5 Å². The van der Waals surface area contributed by atoms with Crippen molar-refractivity contribution in [1.29, 1.82) is 0 Å². The Kier molecular flexibility index (Phi) is 6.34. The maximum Gasteiger partial charge on any atom is 0.247 e. The van der Waals surface area contributed by atoms with E-state index >= 15 is 0 Å². The lowest BCUT2D eigenvalue weighted by Crippen LogP contribution is -2.40. The highest BCUT2D eigenvalue weighted by Crippen LogP contribution is 2.25. The van der Waals surface area contributed by atoms with Crippen molar-refractivity contribution in [1.82, 2.24) is 9.29 Å². The molecule has 1 atom stereocenters. The highest BCUT2D eigenvalue weighted by atomic mass is 32.2. The highest BCUT2D eigenvalue weighted by molar-refractivity contribution is 7.89. The van der Waals surface area contributed by atoms with E-state index in [1.54, 1.807) is 45.0 Å². The summed E-state index contributed by atoms with van der Waals surface area (Å²) in [5.74, 6) is -0.102.